The lowest BCUT2D eigenvalue weighted by Crippen LogP contribution is -2.12. The third-order valence-electron chi connectivity index (χ3n) is 3.43. The van der Waals surface area contributed by atoms with Crippen LogP contribution in [0.15, 0.2) is 6.33 Å². The van der Waals surface area contributed by atoms with E-state index in [0.717, 1.165) is 28.9 Å². The summed E-state index contributed by atoms with van der Waals surface area (Å²) in [7, 11) is 0. The molecule has 0 amide bonds. The highest BCUT2D eigenvalue weighted by molar-refractivity contribution is 7.18. The Hall–Kier alpha value is -1.69. The maximum atomic E-state index is 10.6. The first-order valence-electron chi connectivity index (χ1n) is 6.52. The average molecular weight is 278 g/mol. The number of carboxylic acids is 1. The van der Waals surface area contributed by atoms with Crippen LogP contribution in [0.5, 0.6) is 0 Å². The van der Waals surface area contributed by atoms with Crippen molar-refractivity contribution in [3.05, 3.63) is 16.8 Å². The monoisotopic (exact) mass is 278 g/mol. The predicted octanol–water partition coefficient (Wildman–Crippen LogP) is 1.88. The van der Waals surface area contributed by atoms with Gasteiger partial charge < -0.3 is 10.4 Å². The molecule has 0 saturated heterocycles. The van der Waals surface area contributed by atoms with Gasteiger partial charge in [0.15, 0.2) is 4.83 Å². The van der Waals surface area contributed by atoms with Crippen molar-refractivity contribution >= 4 is 33.3 Å². The second-order valence-electron chi connectivity index (χ2n) is 4.74. The van der Waals surface area contributed by atoms with Crippen LogP contribution >= 0.6 is 11.3 Å². The largest absolute Gasteiger partial charge is 0.481 e. The Bertz CT molecular complexity index is 624. The Morgan fingerprint density at radius 1 is 1.47 bits per heavy atom. The Labute approximate surface area is 114 Å². The van der Waals surface area contributed by atoms with E-state index < -0.39 is 5.97 Å². The van der Waals surface area contributed by atoms with Gasteiger partial charge in [0.05, 0.1) is 6.42 Å². The highest BCUT2D eigenvalue weighted by Gasteiger charge is 2.22. The molecule has 5 nitrogen and oxygen atoms in total. The van der Waals surface area contributed by atoms with Crippen LogP contribution in [0, 0.1) is 0 Å². The van der Waals surface area contributed by atoms with Crippen LogP contribution < -0.4 is 10.3 Å². The van der Waals surface area contributed by atoms with E-state index in [4.69, 9.17) is 5.11 Å². The van der Waals surface area contributed by atoms with Gasteiger partial charge in [-0.15, -0.1) is 0 Å². The van der Waals surface area contributed by atoms with Crippen LogP contribution in [-0.2, 0) is 17.6 Å². The van der Waals surface area contributed by atoms with Gasteiger partial charge in [-0.05, 0) is 36.2 Å². The first-order valence-corrected chi connectivity index (χ1v) is 7.34. The summed E-state index contributed by atoms with van der Waals surface area (Å²) in [6.45, 7) is 0.409. The Kier molecular flexibility index (Phi) is 3.33. The Morgan fingerprint density at radius 3 is 3.16 bits per heavy atom. The van der Waals surface area contributed by atoms with Gasteiger partial charge in [0.25, 0.3) is 12.1 Å². The number of carbonyl (C=O) groups is 1. The lowest BCUT2D eigenvalue weighted by molar-refractivity contribution is -0.346. The van der Waals surface area contributed by atoms with Crippen molar-refractivity contribution in [1.29, 1.82) is 0 Å². The third-order valence-corrected chi connectivity index (χ3v) is 4.65. The number of thiophene rings is 1. The summed E-state index contributed by atoms with van der Waals surface area (Å²) in [5.41, 5.74) is 1.40. The fourth-order valence-corrected chi connectivity index (χ4v) is 3.81. The van der Waals surface area contributed by atoms with E-state index in [0.29, 0.717) is 6.54 Å². The number of nitrogens with one attached hydrogen (secondary N) is 2. The quantitative estimate of drug-likeness (QED) is 0.895. The summed E-state index contributed by atoms with van der Waals surface area (Å²) in [5, 5.41) is 13.0. The van der Waals surface area contributed by atoms with Gasteiger partial charge in [0.1, 0.15) is 5.39 Å². The van der Waals surface area contributed by atoms with Crippen molar-refractivity contribution in [3.8, 4) is 0 Å². The fourth-order valence-electron chi connectivity index (χ4n) is 2.56. The highest BCUT2D eigenvalue weighted by atomic mass is 32.1. The highest BCUT2D eigenvalue weighted by Crippen LogP contribution is 2.36. The van der Waals surface area contributed by atoms with Crippen LogP contribution in [0.4, 0.5) is 5.82 Å². The molecule has 100 valence electrons. The van der Waals surface area contributed by atoms with Crippen LogP contribution in [0.3, 0.4) is 0 Å². The van der Waals surface area contributed by atoms with Gasteiger partial charge in [-0.3, -0.25) is 4.79 Å². The molecule has 0 unspecified atom stereocenters. The van der Waals surface area contributed by atoms with Crippen LogP contribution in [-0.4, -0.2) is 22.6 Å². The molecule has 0 aromatic carbocycles. The number of fused-ring (bicyclic) bond motifs is 3. The van der Waals surface area contributed by atoms with Crippen molar-refractivity contribution in [3.63, 3.8) is 0 Å². The normalized spacial score (nSPS) is 14.3. The van der Waals surface area contributed by atoms with E-state index in [1.54, 1.807) is 17.7 Å². The molecular formula is C13H16N3O2S+. The molecule has 0 saturated carbocycles. The number of aromatic amines is 1. The van der Waals surface area contributed by atoms with Crippen molar-refractivity contribution in [2.75, 3.05) is 11.9 Å². The second-order valence-corrected chi connectivity index (χ2v) is 5.84. The maximum Gasteiger partial charge on any atom is 0.305 e. The molecule has 0 aliphatic heterocycles. The molecule has 0 bridgehead atoms. The number of aliphatic carboxylic acids is 1. The van der Waals surface area contributed by atoms with Gasteiger partial charge >= 0.3 is 5.97 Å². The van der Waals surface area contributed by atoms with Crippen LogP contribution in [0.2, 0.25) is 0 Å². The van der Waals surface area contributed by atoms with E-state index in [-0.39, 0.29) is 6.42 Å². The maximum absolute atomic E-state index is 10.6. The first-order chi connectivity index (χ1) is 9.25. The first kappa shape index (κ1) is 12.3. The number of nitrogens with zero attached hydrogens (tertiary/aromatic N) is 1. The van der Waals surface area contributed by atoms with Crippen molar-refractivity contribution in [1.82, 2.24) is 4.98 Å². The number of carboxylic acid groups (broad SMARTS) is 1. The molecule has 0 spiro atoms. The summed E-state index contributed by atoms with van der Waals surface area (Å²) in [4.78, 5) is 20.7. The third kappa shape index (κ3) is 2.40. The van der Waals surface area contributed by atoms with Gasteiger partial charge in [-0.25, -0.2) is 4.98 Å². The summed E-state index contributed by atoms with van der Waals surface area (Å²) < 4.78 is 0. The number of rotatable bonds is 4. The minimum atomic E-state index is -0.793. The number of H-pyrrole nitrogens is 1. The van der Waals surface area contributed by atoms with E-state index >= 15 is 0 Å². The van der Waals surface area contributed by atoms with Gasteiger partial charge in [-0.1, -0.05) is 11.3 Å². The summed E-state index contributed by atoms with van der Waals surface area (Å²) >= 11 is 1.80. The molecule has 0 radical (unpaired) electrons. The Balaban J connectivity index is 1.95. The number of aromatic nitrogens is 2. The zero-order chi connectivity index (χ0) is 13.2. The fraction of sp³-hybridized carbons (Fsp3) is 0.462. The van der Waals surface area contributed by atoms with Crippen molar-refractivity contribution in [2.24, 2.45) is 0 Å². The summed E-state index contributed by atoms with van der Waals surface area (Å²) in [6, 6.07) is 0. The van der Waals surface area contributed by atoms with Crippen molar-refractivity contribution in [2.45, 2.75) is 32.1 Å². The molecule has 1 aliphatic rings. The molecule has 2 aromatic rings. The minimum absolute atomic E-state index is 0.105. The lowest BCUT2D eigenvalue weighted by Gasteiger charge is -2.10. The van der Waals surface area contributed by atoms with E-state index in [9.17, 15) is 4.79 Å². The SMILES string of the molecule is O=C(O)CCNc1nc[nH+]c2sc3c(c12)CCCC3. The van der Waals surface area contributed by atoms with E-state index in [1.165, 1.54) is 23.3 Å². The number of hydrogen-bond donors (Lipinski definition) is 2. The molecule has 2 heterocycles. The molecule has 3 N–H and O–H groups in total. The molecule has 0 fully saturated rings. The lowest BCUT2D eigenvalue weighted by atomic mass is 9.97. The number of hydrogen-bond acceptors (Lipinski definition) is 4. The molecule has 2 aromatic heterocycles. The molecule has 6 heteroatoms. The van der Waals surface area contributed by atoms with Gasteiger partial charge in [0, 0.05) is 11.4 Å². The van der Waals surface area contributed by atoms with E-state index in [1.807, 2.05) is 0 Å². The van der Waals surface area contributed by atoms with Crippen LogP contribution in [0.25, 0.3) is 10.2 Å². The zero-order valence-corrected chi connectivity index (χ0v) is 11.3. The number of anilines is 1. The molecular weight excluding hydrogens is 262 g/mol. The zero-order valence-electron chi connectivity index (χ0n) is 10.5. The molecule has 1 aliphatic carbocycles. The standard InChI is InChI=1S/C13H15N3O2S/c17-10(18)5-6-14-12-11-8-3-1-2-4-9(8)19-13(11)16-7-15-12/h7H,1-6H2,(H,17,18)(H,14,15,16)/p+1. The smallest absolute Gasteiger partial charge is 0.305 e. The minimum Gasteiger partial charge on any atom is -0.481 e. The van der Waals surface area contributed by atoms with Crippen molar-refractivity contribution < 1.29 is 14.9 Å². The molecule has 0 atom stereocenters. The number of aryl methyl sites for hydroxylation is 2. The average Bonchev–Trinajstić information content (AvgIpc) is 2.77. The predicted molar refractivity (Wildman–Crippen MR) is 73.6 cm³/mol. The van der Waals surface area contributed by atoms with Gasteiger partial charge in [0.2, 0.25) is 0 Å². The summed E-state index contributed by atoms with van der Waals surface area (Å²) in [6.07, 6.45) is 6.51. The topological polar surface area (TPSA) is 76.4 Å². The molecule has 19 heavy (non-hydrogen) atoms. The molecule has 3 rings (SSSR count). The summed E-state index contributed by atoms with van der Waals surface area (Å²) in [5.74, 6) is 0.0213. The van der Waals surface area contributed by atoms with E-state index in [2.05, 4.69) is 15.3 Å². The van der Waals surface area contributed by atoms with Crippen LogP contribution in [0.1, 0.15) is 29.7 Å². The second kappa shape index (κ2) is 5.13. The Morgan fingerprint density at radius 2 is 2.32 bits per heavy atom. The van der Waals surface area contributed by atoms with Gasteiger partial charge in [-0.2, -0.15) is 0 Å².